The minimum Gasteiger partial charge on any atom is -0.345 e. The van der Waals surface area contributed by atoms with Crippen molar-refractivity contribution in [2.45, 2.75) is 11.8 Å². The summed E-state index contributed by atoms with van der Waals surface area (Å²) in [6, 6.07) is 10.8. The number of hydrogen-bond donors (Lipinski definition) is 1. The molecule has 0 radical (unpaired) electrons. The third-order valence-electron chi connectivity index (χ3n) is 3.26. The third kappa shape index (κ3) is 4.03. The van der Waals surface area contributed by atoms with Gasteiger partial charge in [-0.25, -0.2) is 8.42 Å². The number of aryl methyl sites for hydroxylation is 1. The van der Waals surface area contributed by atoms with Crippen molar-refractivity contribution in [1.29, 1.82) is 0 Å². The maximum atomic E-state index is 12.4. The zero-order chi connectivity index (χ0) is 17.2. The second-order valence-corrected chi connectivity index (χ2v) is 7.41. The van der Waals surface area contributed by atoms with E-state index in [0.717, 1.165) is 5.56 Å². The second kappa shape index (κ2) is 6.60. The molecule has 0 fully saturated rings. The van der Waals surface area contributed by atoms with Crippen LogP contribution in [0.4, 0.5) is 5.69 Å². The summed E-state index contributed by atoms with van der Waals surface area (Å²) in [5, 5.41) is 0.457. The number of sulfonamides is 1. The van der Waals surface area contributed by atoms with E-state index in [9.17, 15) is 13.2 Å². The van der Waals surface area contributed by atoms with E-state index in [2.05, 4.69) is 4.72 Å². The molecule has 0 heterocycles. The average Bonchev–Trinajstić information content (AvgIpc) is 2.49. The van der Waals surface area contributed by atoms with Crippen molar-refractivity contribution < 1.29 is 13.2 Å². The SMILES string of the molecule is Cc1ccc(C(=O)N(C)C)cc1NS(=O)(=O)c1ccc(Cl)cc1. The highest BCUT2D eigenvalue weighted by Crippen LogP contribution is 2.22. The number of anilines is 1. The molecule has 0 spiro atoms. The van der Waals surface area contributed by atoms with Crippen molar-refractivity contribution in [3.05, 3.63) is 58.6 Å². The molecule has 122 valence electrons. The molecule has 2 rings (SSSR count). The fourth-order valence-corrected chi connectivity index (χ4v) is 3.19. The van der Waals surface area contributed by atoms with Gasteiger partial charge in [-0.05, 0) is 48.9 Å². The van der Waals surface area contributed by atoms with Gasteiger partial charge in [0.15, 0.2) is 0 Å². The minimum atomic E-state index is -3.75. The van der Waals surface area contributed by atoms with Crippen LogP contribution in [0.15, 0.2) is 47.4 Å². The first-order valence-corrected chi connectivity index (χ1v) is 8.67. The van der Waals surface area contributed by atoms with Gasteiger partial charge < -0.3 is 4.90 Å². The van der Waals surface area contributed by atoms with Gasteiger partial charge in [0.05, 0.1) is 10.6 Å². The van der Waals surface area contributed by atoms with Gasteiger partial charge in [-0.15, -0.1) is 0 Å². The monoisotopic (exact) mass is 352 g/mol. The number of carbonyl (C=O) groups excluding carboxylic acids is 1. The molecule has 0 saturated heterocycles. The molecule has 1 amide bonds. The molecule has 23 heavy (non-hydrogen) atoms. The van der Waals surface area contributed by atoms with E-state index in [1.807, 2.05) is 0 Å². The number of nitrogens with zero attached hydrogens (tertiary/aromatic N) is 1. The number of benzene rings is 2. The number of nitrogens with one attached hydrogen (secondary N) is 1. The number of amides is 1. The van der Waals surface area contributed by atoms with Crippen LogP contribution in [0.2, 0.25) is 5.02 Å². The Balaban J connectivity index is 2.37. The Labute approximate surface area is 140 Å². The van der Waals surface area contributed by atoms with Gasteiger partial charge in [0.25, 0.3) is 15.9 Å². The molecule has 0 aliphatic rings. The van der Waals surface area contributed by atoms with Crippen LogP contribution in [0.1, 0.15) is 15.9 Å². The molecular formula is C16H17ClN2O3S. The molecule has 2 aromatic rings. The molecule has 0 aromatic heterocycles. The van der Waals surface area contributed by atoms with Crippen molar-refractivity contribution in [3.8, 4) is 0 Å². The van der Waals surface area contributed by atoms with Crippen molar-refractivity contribution in [1.82, 2.24) is 4.90 Å². The lowest BCUT2D eigenvalue weighted by Gasteiger charge is -2.14. The van der Waals surface area contributed by atoms with Crippen molar-refractivity contribution in [2.75, 3.05) is 18.8 Å². The summed E-state index contributed by atoms with van der Waals surface area (Å²) in [4.78, 5) is 13.6. The van der Waals surface area contributed by atoms with Gasteiger partial charge in [0, 0.05) is 24.7 Å². The predicted octanol–water partition coefficient (Wildman–Crippen LogP) is 3.15. The van der Waals surface area contributed by atoms with Gasteiger partial charge >= 0.3 is 0 Å². The highest BCUT2D eigenvalue weighted by atomic mass is 35.5. The predicted molar refractivity (Wildman–Crippen MR) is 91.5 cm³/mol. The van der Waals surface area contributed by atoms with E-state index in [1.54, 1.807) is 33.2 Å². The van der Waals surface area contributed by atoms with Crippen molar-refractivity contribution >= 4 is 33.2 Å². The Morgan fingerprint density at radius 2 is 1.70 bits per heavy atom. The van der Waals surface area contributed by atoms with E-state index < -0.39 is 10.0 Å². The zero-order valence-corrected chi connectivity index (χ0v) is 14.6. The molecule has 5 nitrogen and oxygen atoms in total. The zero-order valence-electron chi connectivity index (χ0n) is 13.0. The lowest BCUT2D eigenvalue weighted by molar-refractivity contribution is 0.0827. The van der Waals surface area contributed by atoms with Gasteiger partial charge in [-0.2, -0.15) is 0 Å². The number of rotatable bonds is 4. The maximum Gasteiger partial charge on any atom is 0.261 e. The van der Waals surface area contributed by atoms with Crippen LogP contribution in [0.5, 0.6) is 0 Å². The van der Waals surface area contributed by atoms with Crippen LogP contribution < -0.4 is 4.72 Å². The highest BCUT2D eigenvalue weighted by Gasteiger charge is 2.17. The van der Waals surface area contributed by atoms with Gasteiger partial charge in [-0.3, -0.25) is 9.52 Å². The van der Waals surface area contributed by atoms with Gasteiger partial charge in [0.1, 0.15) is 0 Å². The largest absolute Gasteiger partial charge is 0.345 e. The van der Waals surface area contributed by atoms with Gasteiger partial charge in [0.2, 0.25) is 0 Å². The van der Waals surface area contributed by atoms with E-state index in [1.165, 1.54) is 35.2 Å². The Hall–Kier alpha value is -2.05. The second-order valence-electron chi connectivity index (χ2n) is 5.29. The van der Waals surface area contributed by atoms with Crippen LogP contribution in [-0.2, 0) is 10.0 Å². The number of halogens is 1. The standard InChI is InChI=1S/C16H17ClN2O3S/c1-11-4-5-12(16(20)19(2)3)10-15(11)18-23(21,22)14-8-6-13(17)7-9-14/h4-10,18H,1-3H3. The topological polar surface area (TPSA) is 66.5 Å². The average molecular weight is 353 g/mol. The summed E-state index contributed by atoms with van der Waals surface area (Å²) >= 11 is 5.78. The molecule has 0 bridgehead atoms. The molecular weight excluding hydrogens is 336 g/mol. The van der Waals surface area contributed by atoms with E-state index >= 15 is 0 Å². The maximum absolute atomic E-state index is 12.4. The van der Waals surface area contributed by atoms with Crippen LogP contribution in [-0.4, -0.2) is 33.3 Å². The third-order valence-corrected chi connectivity index (χ3v) is 4.89. The van der Waals surface area contributed by atoms with Crippen LogP contribution >= 0.6 is 11.6 Å². The molecule has 0 atom stereocenters. The Morgan fingerprint density at radius 1 is 1.09 bits per heavy atom. The molecule has 7 heteroatoms. The summed E-state index contributed by atoms with van der Waals surface area (Å²) < 4.78 is 27.4. The normalized spacial score (nSPS) is 11.1. The van der Waals surface area contributed by atoms with Crippen molar-refractivity contribution in [3.63, 3.8) is 0 Å². The van der Waals surface area contributed by atoms with Crippen LogP contribution in [0.25, 0.3) is 0 Å². The van der Waals surface area contributed by atoms with Crippen molar-refractivity contribution in [2.24, 2.45) is 0 Å². The molecule has 2 aromatic carbocycles. The van der Waals surface area contributed by atoms with Crippen LogP contribution in [0.3, 0.4) is 0 Å². The molecule has 0 aliphatic heterocycles. The molecule has 0 aliphatic carbocycles. The quantitative estimate of drug-likeness (QED) is 0.919. The fraction of sp³-hybridized carbons (Fsp3) is 0.188. The molecule has 0 unspecified atom stereocenters. The first-order valence-electron chi connectivity index (χ1n) is 6.81. The summed E-state index contributed by atoms with van der Waals surface area (Å²) in [6.07, 6.45) is 0. The Morgan fingerprint density at radius 3 is 2.26 bits per heavy atom. The summed E-state index contributed by atoms with van der Waals surface area (Å²) in [6.45, 7) is 1.77. The lowest BCUT2D eigenvalue weighted by atomic mass is 10.1. The Bertz CT molecular complexity index is 831. The number of carbonyl (C=O) groups is 1. The summed E-state index contributed by atoms with van der Waals surface area (Å²) in [7, 11) is -0.472. The Kier molecular flexibility index (Phi) is 4.97. The molecule has 1 N–H and O–H groups in total. The first-order chi connectivity index (χ1) is 10.7. The lowest BCUT2D eigenvalue weighted by Crippen LogP contribution is -2.22. The summed E-state index contributed by atoms with van der Waals surface area (Å²) in [5.41, 5.74) is 1.50. The molecule has 0 saturated carbocycles. The van der Waals surface area contributed by atoms with Crippen LogP contribution in [0, 0.1) is 6.92 Å². The first kappa shape index (κ1) is 17.3. The number of hydrogen-bond acceptors (Lipinski definition) is 3. The van der Waals surface area contributed by atoms with E-state index in [4.69, 9.17) is 11.6 Å². The van der Waals surface area contributed by atoms with E-state index in [0.29, 0.717) is 16.3 Å². The highest BCUT2D eigenvalue weighted by molar-refractivity contribution is 7.92. The minimum absolute atomic E-state index is 0.102. The summed E-state index contributed by atoms with van der Waals surface area (Å²) in [5.74, 6) is -0.197. The van der Waals surface area contributed by atoms with E-state index in [-0.39, 0.29) is 10.8 Å². The van der Waals surface area contributed by atoms with Gasteiger partial charge in [-0.1, -0.05) is 17.7 Å². The smallest absolute Gasteiger partial charge is 0.261 e. The fourth-order valence-electron chi connectivity index (χ4n) is 1.94.